The number of carbonyl (C=O) groups is 1. The number of rotatable bonds is 5. The zero-order chi connectivity index (χ0) is 17.5. The molecule has 0 spiro atoms. The van der Waals surface area contributed by atoms with E-state index >= 15 is 0 Å². The Balaban J connectivity index is 1.39. The number of hydrogen-bond donors (Lipinski definition) is 3. The smallest absolute Gasteiger partial charge is 0.317 e. The number of nitrogens with zero attached hydrogens (tertiary/aromatic N) is 4. The molecule has 25 heavy (non-hydrogen) atoms. The molecule has 0 saturated carbocycles. The van der Waals surface area contributed by atoms with E-state index in [4.69, 9.17) is 0 Å². The van der Waals surface area contributed by atoms with Crippen LogP contribution in [0.3, 0.4) is 0 Å². The van der Waals surface area contributed by atoms with Gasteiger partial charge in [0.1, 0.15) is 5.75 Å². The molecular weight excluding hydrogens is 320 g/mol. The molecular formula is C17H22N6O2. The maximum absolute atomic E-state index is 12.2. The lowest BCUT2D eigenvalue weighted by Crippen LogP contribution is -2.52. The van der Waals surface area contributed by atoms with E-state index in [1.807, 2.05) is 12.1 Å². The van der Waals surface area contributed by atoms with Crippen molar-refractivity contribution in [2.24, 2.45) is 0 Å². The number of piperazine rings is 1. The molecule has 1 aromatic heterocycles. The van der Waals surface area contributed by atoms with E-state index in [1.54, 1.807) is 35.5 Å². The lowest BCUT2D eigenvalue weighted by atomic mass is 10.2. The first-order chi connectivity index (χ1) is 12.2. The minimum absolute atomic E-state index is 0.0762. The lowest BCUT2D eigenvalue weighted by molar-refractivity contribution is 0.194. The van der Waals surface area contributed by atoms with Crippen LogP contribution in [0.25, 0.3) is 0 Å². The van der Waals surface area contributed by atoms with Crippen LogP contribution in [0, 0.1) is 0 Å². The normalized spacial score (nSPS) is 14.2. The van der Waals surface area contributed by atoms with Crippen LogP contribution in [0.15, 0.2) is 42.7 Å². The van der Waals surface area contributed by atoms with Gasteiger partial charge in [-0.15, -0.1) is 0 Å². The molecule has 2 heterocycles. The maximum Gasteiger partial charge on any atom is 0.317 e. The first-order valence-electron chi connectivity index (χ1n) is 8.30. The fourth-order valence-corrected chi connectivity index (χ4v) is 2.73. The van der Waals surface area contributed by atoms with Crippen LogP contribution in [0.4, 0.5) is 16.4 Å². The van der Waals surface area contributed by atoms with Crippen LogP contribution in [0.1, 0.15) is 0 Å². The summed E-state index contributed by atoms with van der Waals surface area (Å²) in [6, 6.07) is 8.95. The van der Waals surface area contributed by atoms with Gasteiger partial charge in [-0.1, -0.05) is 12.1 Å². The van der Waals surface area contributed by atoms with Crippen LogP contribution in [-0.4, -0.2) is 65.3 Å². The highest BCUT2D eigenvalue weighted by molar-refractivity contribution is 5.74. The average Bonchev–Trinajstić information content (AvgIpc) is 2.66. The molecule has 8 heteroatoms. The van der Waals surface area contributed by atoms with E-state index < -0.39 is 0 Å². The summed E-state index contributed by atoms with van der Waals surface area (Å²) in [5.74, 6) is 0.822. The van der Waals surface area contributed by atoms with Crippen molar-refractivity contribution in [1.29, 1.82) is 0 Å². The summed E-state index contributed by atoms with van der Waals surface area (Å²) in [6.45, 7) is 3.69. The number of benzene rings is 1. The molecule has 1 fully saturated rings. The number of para-hydroxylation sites is 2. The SMILES string of the molecule is O=C(NCCNc1ncccn1)N1CCN(c2ccccc2O)CC1. The molecule has 0 atom stereocenters. The molecule has 2 aromatic rings. The topological polar surface area (TPSA) is 93.6 Å². The summed E-state index contributed by atoms with van der Waals surface area (Å²) in [5, 5.41) is 15.9. The Kier molecular flexibility index (Phi) is 5.50. The molecule has 1 saturated heterocycles. The van der Waals surface area contributed by atoms with E-state index in [9.17, 15) is 9.90 Å². The second kappa shape index (κ2) is 8.18. The predicted octanol–water partition coefficient (Wildman–Crippen LogP) is 1.13. The van der Waals surface area contributed by atoms with Gasteiger partial charge in [0.05, 0.1) is 5.69 Å². The minimum Gasteiger partial charge on any atom is -0.506 e. The first kappa shape index (κ1) is 16.8. The predicted molar refractivity (Wildman–Crippen MR) is 95.8 cm³/mol. The molecule has 8 nitrogen and oxygen atoms in total. The number of carbonyl (C=O) groups excluding carboxylic acids is 1. The van der Waals surface area contributed by atoms with Crippen molar-refractivity contribution < 1.29 is 9.90 Å². The third-order valence-electron chi connectivity index (χ3n) is 4.04. The zero-order valence-electron chi connectivity index (χ0n) is 13.9. The highest BCUT2D eigenvalue weighted by atomic mass is 16.3. The Morgan fingerprint density at radius 1 is 1.04 bits per heavy atom. The van der Waals surface area contributed by atoms with Gasteiger partial charge in [-0.25, -0.2) is 14.8 Å². The zero-order valence-corrected chi connectivity index (χ0v) is 13.9. The summed E-state index contributed by atoms with van der Waals surface area (Å²) >= 11 is 0. The molecule has 0 aliphatic carbocycles. The van der Waals surface area contributed by atoms with Crippen molar-refractivity contribution in [2.45, 2.75) is 0 Å². The van der Waals surface area contributed by atoms with Crippen LogP contribution >= 0.6 is 0 Å². The number of anilines is 2. The summed E-state index contributed by atoms with van der Waals surface area (Å²) in [6.07, 6.45) is 3.33. The maximum atomic E-state index is 12.2. The van der Waals surface area contributed by atoms with Crippen molar-refractivity contribution in [3.8, 4) is 5.75 Å². The van der Waals surface area contributed by atoms with Crippen molar-refractivity contribution in [2.75, 3.05) is 49.5 Å². The molecule has 0 bridgehead atoms. The van der Waals surface area contributed by atoms with E-state index in [2.05, 4.69) is 25.5 Å². The van der Waals surface area contributed by atoms with Gasteiger partial charge >= 0.3 is 6.03 Å². The molecule has 0 radical (unpaired) electrons. The molecule has 0 unspecified atom stereocenters. The number of phenols is 1. The molecule has 1 aliphatic heterocycles. The highest BCUT2D eigenvalue weighted by Crippen LogP contribution is 2.27. The van der Waals surface area contributed by atoms with E-state index in [1.165, 1.54) is 0 Å². The molecule has 3 rings (SSSR count). The summed E-state index contributed by atoms with van der Waals surface area (Å²) in [7, 11) is 0. The Hall–Kier alpha value is -3.03. The van der Waals surface area contributed by atoms with Gasteiger partial charge in [-0.3, -0.25) is 0 Å². The van der Waals surface area contributed by atoms with E-state index in [0.29, 0.717) is 45.2 Å². The molecule has 2 amide bonds. The second-order valence-corrected chi connectivity index (χ2v) is 5.69. The number of amides is 2. The van der Waals surface area contributed by atoms with Gasteiger partial charge in [-0.05, 0) is 18.2 Å². The van der Waals surface area contributed by atoms with Crippen LogP contribution in [0.2, 0.25) is 0 Å². The van der Waals surface area contributed by atoms with Crippen LogP contribution in [0.5, 0.6) is 5.75 Å². The van der Waals surface area contributed by atoms with E-state index in [0.717, 1.165) is 5.69 Å². The number of urea groups is 1. The molecule has 1 aliphatic rings. The van der Waals surface area contributed by atoms with Gasteiger partial charge < -0.3 is 25.5 Å². The van der Waals surface area contributed by atoms with Gasteiger partial charge in [0, 0.05) is 51.7 Å². The Morgan fingerprint density at radius 2 is 1.76 bits per heavy atom. The Morgan fingerprint density at radius 3 is 2.48 bits per heavy atom. The van der Waals surface area contributed by atoms with Gasteiger partial charge in [0.15, 0.2) is 0 Å². The highest BCUT2D eigenvalue weighted by Gasteiger charge is 2.22. The number of hydrogen-bond acceptors (Lipinski definition) is 6. The fourth-order valence-electron chi connectivity index (χ4n) is 2.73. The van der Waals surface area contributed by atoms with Crippen LogP contribution < -0.4 is 15.5 Å². The summed E-state index contributed by atoms with van der Waals surface area (Å²) in [5.41, 5.74) is 0.814. The summed E-state index contributed by atoms with van der Waals surface area (Å²) < 4.78 is 0. The van der Waals surface area contributed by atoms with Gasteiger partial charge in [0.2, 0.25) is 5.95 Å². The molecule has 3 N–H and O–H groups in total. The first-order valence-corrected chi connectivity index (χ1v) is 8.30. The van der Waals surface area contributed by atoms with Gasteiger partial charge in [0.25, 0.3) is 0 Å². The Bertz CT molecular complexity index is 689. The largest absolute Gasteiger partial charge is 0.506 e. The monoisotopic (exact) mass is 342 g/mol. The minimum atomic E-state index is -0.0762. The third-order valence-corrected chi connectivity index (χ3v) is 4.04. The lowest BCUT2D eigenvalue weighted by Gasteiger charge is -2.36. The average molecular weight is 342 g/mol. The van der Waals surface area contributed by atoms with Crippen LogP contribution in [-0.2, 0) is 0 Å². The van der Waals surface area contributed by atoms with Crippen molar-refractivity contribution in [1.82, 2.24) is 20.2 Å². The quantitative estimate of drug-likeness (QED) is 0.705. The number of aromatic hydroxyl groups is 1. The number of aromatic nitrogens is 2. The van der Waals surface area contributed by atoms with Gasteiger partial charge in [-0.2, -0.15) is 0 Å². The third kappa shape index (κ3) is 4.50. The standard InChI is InChI=1S/C17H22N6O2/c24-15-5-2-1-4-14(15)22-10-12-23(13-11-22)17(25)21-9-8-20-16-18-6-3-7-19-16/h1-7,24H,8-13H2,(H,21,25)(H,18,19,20). The van der Waals surface area contributed by atoms with Crippen molar-refractivity contribution in [3.05, 3.63) is 42.7 Å². The Labute approximate surface area is 146 Å². The number of phenolic OH excluding ortho intramolecular Hbond substituents is 1. The van der Waals surface area contributed by atoms with Crippen molar-refractivity contribution >= 4 is 17.7 Å². The fraction of sp³-hybridized carbons (Fsp3) is 0.353. The second-order valence-electron chi connectivity index (χ2n) is 5.69. The van der Waals surface area contributed by atoms with E-state index in [-0.39, 0.29) is 11.8 Å². The van der Waals surface area contributed by atoms with Crippen molar-refractivity contribution in [3.63, 3.8) is 0 Å². The number of nitrogens with one attached hydrogen (secondary N) is 2. The molecule has 1 aromatic carbocycles. The summed E-state index contributed by atoms with van der Waals surface area (Å²) in [4.78, 5) is 24.2. The molecule has 132 valence electrons.